The molecular weight excluding hydrogens is 517 g/mol. The van der Waals surface area contributed by atoms with Gasteiger partial charge in [0.05, 0.1) is 13.3 Å². The molecule has 8 nitrogen and oxygen atoms in total. The van der Waals surface area contributed by atoms with Crippen molar-refractivity contribution in [3.8, 4) is 5.75 Å². The van der Waals surface area contributed by atoms with Gasteiger partial charge in [-0.2, -0.15) is 20.1 Å². The van der Waals surface area contributed by atoms with Gasteiger partial charge in [-0.05, 0) is 76.7 Å². The minimum absolute atomic E-state index is 0.302. The Balaban J connectivity index is 1.56. The highest BCUT2D eigenvalue weighted by molar-refractivity contribution is 14.1. The summed E-state index contributed by atoms with van der Waals surface area (Å²) in [5.41, 5.74) is 5.53. The van der Waals surface area contributed by atoms with Gasteiger partial charge in [0, 0.05) is 14.9 Å². The van der Waals surface area contributed by atoms with E-state index in [1.807, 2.05) is 78.9 Å². The molecule has 3 N–H and O–H groups in total. The number of anilines is 5. The highest BCUT2D eigenvalue weighted by atomic mass is 127. The van der Waals surface area contributed by atoms with E-state index in [1.165, 1.54) is 0 Å². The second kappa shape index (κ2) is 10.5. The maximum absolute atomic E-state index is 5.21. The molecule has 0 saturated heterocycles. The fourth-order valence-corrected chi connectivity index (χ4v) is 3.06. The maximum atomic E-state index is 5.21. The van der Waals surface area contributed by atoms with Gasteiger partial charge in [-0.25, -0.2) is 5.43 Å². The Hall–Kier alpha value is -3.73. The third kappa shape index (κ3) is 6.14. The van der Waals surface area contributed by atoms with Gasteiger partial charge in [-0.3, -0.25) is 0 Å². The summed E-state index contributed by atoms with van der Waals surface area (Å²) < 4.78 is 6.37. The van der Waals surface area contributed by atoms with Crippen molar-refractivity contribution in [2.45, 2.75) is 0 Å². The third-order valence-corrected chi connectivity index (χ3v) is 4.98. The normalized spacial score (nSPS) is 10.7. The molecule has 3 aromatic carbocycles. The Morgan fingerprint density at radius 3 is 1.97 bits per heavy atom. The largest absolute Gasteiger partial charge is 0.497 e. The number of hydrazone groups is 1. The first-order valence-corrected chi connectivity index (χ1v) is 10.8. The third-order valence-electron chi connectivity index (χ3n) is 4.26. The van der Waals surface area contributed by atoms with E-state index in [2.05, 4.69) is 58.7 Å². The fourth-order valence-electron chi connectivity index (χ4n) is 2.71. The highest BCUT2D eigenvalue weighted by Gasteiger charge is 2.08. The van der Waals surface area contributed by atoms with Gasteiger partial charge in [-0.15, -0.1) is 0 Å². The lowest BCUT2D eigenvalue weighted by Crippen LogP contribution is -2.07. The predicted octanol–water partition coefficient (Wildman–Crippen LogP) is 5.42. The molecule has 0 atom stereocenters. The Morgan fingerprint density at radius 1 is 0.750 bits per heavy atom. The molecule has 9 heteroatoms. The van der Waals surface area contributed by atoms with E-state index in [9.17, 15) is 0 Å². The molecule has 0 radical (unpaired) electrons. The van der Waals surface area contributed by atoms with Crippen molar-refractivity contribution < 1.29 is 4.74 Å². The first kappa shape index (κ1) is 21.5. The zero-order chi connectivity index (χ0) is 22.2. The number of methoxy groups -OCH3 is 1. The average molecular weight is 537 g/mol. The smallest absolute Gasteiger partial charge is 0.250 e. The Morgan fingerprint density at radius 2 is 1.34 bits per heavy atom. The van der Waals surface area contributed by atoms with Crippen LogP contribution in [0.15, 0.2) is 84.0 Å². The fraction of sp³-hybridized carbons (Fsp3) is 0.0435. The van der Waals surface area contributed by atoms with Crippen LogP contribution in [0.25, 0.3) is 0 Å². The topological polar surface area (TPSA) is 96.4 Å². The zero-order valence-electron chi connectivity index (χ0n) is 17.2. The summed E-state index contributed by atoms with van der Waals surface area (Å²) in [6.45, 7) is 0. The molecule has 0 aliphatic heterocycles. The summed E-state index contributed by atoms with van der Waals surface area (Å²) in [4.78, 5) is 13.3. The van der Waals surface area contributed by atoms with Gasteiger partial charge in [0.15, 0.2) is 0 Å². The van der Waals surface area contributed by atoms with Crippen LogP contribution in [0.1, 0.15) is 5.56 Å². The molecule has 0 amide bonds. The van der Waals surface area contributed by atoms with E-state index in [-0.39, 0.29) is 0 Å². The number of nitrogens with zero attached hydrogens (tertiary/aromatic N) is 4. The second-order valence-electron chi connectivity index (χ2n) is 6.57. The molecule has 0 aliphatic carbocycles. The van der Waals surface area contributed by atoms with Crippen LogP contribution < -0.4 is 20.8 Å². The number of nitrogens with one attached hydrogen (secondary N) is 3. The predicted molar refractivity (Wildman–Crippen MR) is 136 cm³/mol. The number of aromatic nitrogens is 3. The first-order chi connectivity index (χ1) is 15.7. The summed E-state index contributed by atoms with van der Waals surface area (Å²) in [5.74, 6) is 1.82. The lowest BCUT2D eigenvalue weighted by molar-refractivity contribution is 0.415. The minimum Gasteiger partial charge on any atom is -0.497 e. The van der Waals surface area contributed by atoms with Crippen LogP contribution in [-0.2, 0) is 0 Å². The van der Waals surface area contributed by atoms with Crippen molar-refractivity contribution in [2.24, 2.45) is 5.10 Å². The summed E-state index contributed by atoms with van der Waals surface area (Å²) in [5, 5.41) is 10.6. The highest BCUT2D eigenvalue weighted by Crippen LogP contribution is 2.20. The molecule has 0 fully saturated rings. The number of para-hydroxylation sites is 1. The van der Waals surface area contributed by atoms with Crippen molar-refractivity contribution in [1.82, 2.24) is 15.0 Å². The molecule has 0 unspecified atom stereocenters. The lowest BCUT2D eigenvalue weighted by atomic mass is 10.2. The van der Waals surface area contributed by atoms with Gasteiger partial charge in [0.2, 0.25) is 17.8 Å². The van der Waals surface area contributed by atoms with Crippen molar-refractivity contribution in [3.05, 3.63) is 88.0 Å². The van der Waals surface area contributed by atoms with Crippen molar-refractivity contribution in [1.29, 1.82) is 0 Å². The standard InChI is InChI=1S/C23H20IN7O/c1-32-20-13-11-19(12-14-20)27-22-28-21(26-18-5-3-2-4-6-18)29-23(30-22)31-25-15-16-7-9-17(24)10-8-16/h2-15H,1H3,(H3,26,27,28,29,30,31)/b25-15+. The number of benzene rings is 3. The maximum Gasteiger partial charge on any atom is 0.250 e. The monoisotopic (exact) mass is 537 g/mol. The molecule has 0 bridgehead atoms. The number of hydrogen-bond acceptors (Lipinski definition) is 8. The molecule has 4 aromatic rings. The van der Waals surface area contributed by atoms with Gasteiger partial charge in [0.1, 0.15) is 5.75 Å². The molecule has 0 aliphatic rings. The van der Waals surface area contributed by atoms with Gasteiger partial charge in [0.25, 0.3) is 0 Å². The lowest BCUT2D eigenvalue weighted by Gasteiger charge is -2.10. The van der Waals surface area contributed by atoms with E-state index in [0.29, 0.717) is 17.8 Å². The van der Waals surface area contributed by atoms with Crippen LogP contribution >= 0.6 is 22.6 Å². The van der Waals surface area contributed by atoms with Crippen molar-refractivity contribution >= 4 is 58.0 Å². The van der Waals surface area contributed by atoms with E-state index >= 15 is 0 Å². The Kier molecular flexibility index (Phi) is 7.08. The van der Waals surface area contributed by atoms with Gasteiger partial charge < -0.3 is 15.4 Å². The van der Waals surface area contributed by atoms with Crippen LogP contribution in [0.5, 0.6) is 5.75 Å². The van der Waals surface area contributed by atoms with Crippen LogP contribution in [0, 0.1) is 3.57 Å². The first-order valence-electron chi connectivity index (χ1n) is 9.72. The van der Waals surface area contributed by atoms with Crippen molar-refractivity contribution in [3.63, 3.8) is 0 Å². The van der Waals surface area contributed by atoms with Gasteiger partial charge >= 0.3 is 0 Å². The summed E-state index contributed by atoms with van der Waals surface area (Å²) in [7, 11) is 1.63. The second-order valence-corrected chi connectivity index (χ2v) is 7.82. The summed E-state index contributed by atoms with van der Waals surface area (Å²) >= 11 is 2.26. The van der Waals surface area contributed by atoms with E-state index in [4.69, 9.17) is 4.74 Å². The SMILES string of the molecule is COc1ccc(Nc2nc(N/N=C/c3ccc(I)cc3)nc(Nc3ccccc3)n2)cc1. The number of hydrogen-bond donors (Lipinski definition) is 3. The van der Waals surface area contributed by atoms with Crippen LogP contribution in [0.2, 0.25) is 0 Å². The summed E-state index contributed by atoms with van der Waals surface area (Å²) in [6.07, 6.45) is 1.71. The number of halogens is 1. The van der Waals surface area contributed by atoms with E-state index in [1.54, 1.807) is 13.3 Å². The van der Waals surface area contributed by atoms with Crippen LogP contribution in [0.4, 0.5) is 29.2 Å². The molecule has 0 spiro atoms. The molecule has 160 valence electrons. The molecule has 4 rings (SSSR count). The zero-order valence-corrected chi connectivity index (χ0v) is 19.3. The number of ether oxygens (including phenoxy) is 1. The molecular formula is C23H20IN7O. The number of rotatable bonds is 8. The molecule has 1 aromatic heterocycles. The van der Waals surface area contributed by atoms with Gasteiger partial charge in [-0.1, -0.05) is 30.3 Å². The Labute approximate surface area is 199 Å². The molecule has 1 heterocycles. The van der Waals surface area contributed by atoms with Crippen LogP contribution in [-0.4, -0.2) is 28.3 Å². The van der Waals surface area contributed by atoms with E-state index in [0.717, 1.165) is 26.3 Å². The van der Waals surface area contributed by atoms with Crippen LogP contribution in [0.3, 0.4) is 0 Å². The van der Waals surface area contributed by atoms with Crippen molar-refractivity contribution in [2.75, 3.05) is 23.2 Å². The summed E-state index contributed by atoms with van der Waals surface area (Å²) in [6, 6.07) is 25.2. The molecule has 0 saturated carbocycles. The molecule has 32 heavy (non-hydrogen) atoms. The van der Waals surface area contributed by atoms with E-state index < -0.39 is 0 Å². The quantitative estimate of drug-likeness (QED) is 0.157. The Bertz CT molecular complexity index is 1180. The average Bonchev–Trinajstić information content (AvgIpc) is 2.81. The minimum atomic E-state index is 0.302.